The van der Waals surface area contributed by atoms with Gasteiger partial charge in [-0.25, -0.2) is 28.4 Å². The van der Waals surface area contributed by atoms with Gasteiger partial charge in [0.2, 0.25) is 5.95 Å². The Morgan fingerprint density at radius 2 is 1.79 bits per heavy atom. The number of hydrogen-bond donors (Lipinski definition) is 1. The van der Waals surface area contributed by atoms with Crippen molar-refractivity contribution in [2.45, 2.75) is 30.1 Å². The van der Waals surface area contributed by atoms with E-state index in [2.05, 4.69) is 25.3 Å². The molecule has 0 amide bonds. The van der Waals surface area contributed by atoms with Crippen molar-refractivity contribution < 1.29 is 21.6 Å². The first-order valence-electron chi connectivity index (χ1n) is 9.83. The second-order valence-electron chi connectivity index (χ2n) is 7.65. The summed E-state index contributed by atoms with van der Waals surface area (Å²) in [6, 6.07) is -0.232. The quantitative estimate of drug-likeness (QED) is 0.568. The topological polar surface area (TPSA) is 111 Å². The zero-order valence-electron chi connectivity index (χ0n) is 17.6. The first kappa shape index (κ1) is 23.4. The fraction of sp³-hybridized carbons (Fsp3) is 0.444. The van der Waals surface area contributed by atoms with Gasteiger partial charge in [0.05, 0.1) is 12.7 Å². The third-order valence-electron chi connectivity index (χ3n) is 5.26. The average Bonchev–Trinajstić information content (AvgIpc) is 3.34. The maximum absolute atomic E-state index is 13.5. The van der Waals surface area contributed by atoms with Gasteiger partial charge in [-0.2, -0.15) is 17.5 Å². The van der Waals surface area contributed by atoms with Gasteiger partial charge in [-0.1, -0.05) is 11.6 Å². The number of halogens is 4. The molecule has 0 atom stereocenters. The second-order valence-corrected chi connectivity index (χ2v) is 9.89. The Hall–Kier alpha value is -2.71. The van der Waals surface area contributed by atoms with Crippen LogP contribution in [0.5, 0.6) is 0 Å². The van der Waals surface area contributed by atoms with Crippen LogP contribution in [0.4, 0.5) is 19.1 Å². The summed E-state index contributed by atoms with van der Waals surface area (Å²) < 4.78 is 70.2. The highest BCUT2D eigenvalue weighted by Crippen LogP contribution is 2.37. The van der Waals surface area contributed by atoms with Crippen LogP contribution < -0.4 is 5.32 Å². The average molecular weight is 505 g/mol. The van der Waals surface area contributed by atoms with Crippen molar-refractivity contribution in [2.75, 3.05) is 18.4 Å². The van der Waals surface area contributed by atoms with E-state index in [1.54, 1.807) is 18.7 Å². The number of aromatic nitrogens is 6. The van der Waals surface area contributed by atoms with Crippen LogP contribution in [0.25, 0.3) is 11.4 Å². The van der Waals surface area contributed by atoms with Crippen LogP contribution in [0.2, 0.25) is 5.15 Å². The molecule has 0 spiro atoms. The summed E-state index contributed by atoms with van der Waals surface area (Å²) in [5.41, 5.74) is -1.58. The van der Waals surface area contributed by atoms with E-state index in [9.17, 15) is 21.6 Å². The van der Waals surface area contributed by atoms with Crippen LogP contribution in [0.15, 0.2) is 30.1 Å². The zero-order valence-corrected chi connectivity index (χ0v) is 19.2. The van der Waals surface area contributed by atoms with Crippen LogP contribution in [0.1, 0.15) is 18.4 Å². The van der Waals surface area contributed by atoms with Crippen LogP contribution in [0, 0.1) is 0 Å². The molecule has 1 aliphatic heterocycles. The Labute approximate surface area is 192 Å². The number of hydrogen-bond acceptors (Lipinski definition) is 7. The molecule has 0 saturated carbocycles. The molecule has 15 heteroatoms. The molecule has 178 valence electrons. The number of aryl methyl sites for hydroxylation is 2. The monoisotopic (exact) mass is 504 g/mol. The van der Waals surface area contributed by atoms with E-state index in [-0.39, 0.29) is 41.0 Å². The zero-order chi connectivity index (χ0) is 24.0. The van der Waals surface area contributed by atoms with Crippen LogP contribution in [-0.2, 0) is 30.3 Å². The molecule has 1 fully saturated rings. The van der Waals surface area contributed by atoms with Crippen molar-refractivity contribution in [3.05, 3.63) is 35.8 Å². The SMILES string of the molecule is Cn1cnc(S(=O)(=O)N2CCC(Nc3ncc(C(F)(F)F)c(-c4ncn(C)c4Cl)n3)CC2)c1. The standard InChI is InChI=1S/C18H20ClF3N8O2S/c1-28-8-13(24-9-28)33(31,32)30-5-3-11(4-6-30)26-17-23-7-12(18(20,21)22)14(27-17)15-16(19)29(2)10-25-15/h7-11H,3-6H2,1-2H3,(H,23,26,27). The molecule has 0 bridgehead atoms. The number of rotatable bonds is 5. The number of imidazole rings is 2. The molecular formula is C18H20ClF3N8O2S. The van der Waals surface area contributed by atoms with Crippen LogP contribution in [0.3, 0.4) is 0 Å². The van der Waals surface area contributed by atoms with Gasteiger partial charge in [-0.15, -0.1) is 0 Å². The smallest absolute Gasteiger partial charge is 0.351 e. The van der Waals surface area contributed by atoms with E-state index in [4.69, 9.17) is 11.6 Å². The fourth-order valence-corrected chi connectivity index (χ4v) is 5.11. The van der Waals surface area contributed by atoms with Crippen molar-refractivity contribution in [1.82, 2.24) is 33.4 Å². The van der Waals surface area contributed by atoms with E-state index in [0.29, 0.717) is 19.0 Å². The molecule has 4 heterocycles. The number of anilines is 1. The first-order valence-corrected chi connectivity index (χ1v) is 11.6. The summed E-state index contributed by atoms with van der Waals surface area (Å²) in [7, 11) is -0.479. The van der Waals surface area contributed by atoms with Crippen LogP contribution >= 0.6 is 11.6 Å². The Kier molecular flexibility index (Phi) is 6.09. The van der Waals surface area contributed by atoms with Crippen molar-refractivity contribution in [3.63, 3.8) is 0 Å². The second kappa shape index (κ2) is 8.57. The van der Waals surface area contributed by atoms with Gasteiger partial charge >= 0.3 is 6.18 Å². The summed E-state index contributed by atoms with van der Waals surface area (Å²) in [5, 5.41) is 2.99. The number of sulfonamides is 1. The number of nitrogens with one attached hydrogen (secondary N) is 1. The molecule has 3 aromatic heterocycles. The summed E-state index contributed by atoms with van der Waals surface area (Å²) in [4.78, 5) is 15.7. The minimum atomic E-state index is -4.69. The summed E-state index contributed by atoms with van der Waals surface area (Å²) in [6.45, 7) is 0.437. The maximum atomic E-state index is 13.5. The summed E-state index contributed by atoms with van der Waals surface area (Å²) in [6.07, 6.45) is 0.960. The molecule has 4 rings (SSSR count). The minimum Gasteiger partial charge on any atom is -0.351 e. The predicted molar refractivity (Wildman–Crippen MR) is 113 cm³/mol. The predicted octanol–water partition coefficient (Wildman–Crippen LogP) is 2.55. The maximum Gasteiger partial charge on any atom is 0.420 e. The molecule has 3 aromatic rings. The Bertz CT molecular complexity index is 1270. The molecular weight excluding hydrogens is 485 g/mol. The number of alkyl halides is 3. The normalized spacial score (nSPS) is 16.3. The highest BCUT2D eigenvalue weighted by atomic mass is 35.5. The Morgan fingerprint density at radius 3 is 2.33 bits per heavy atom. The highest BCUT2D eigenvalue weighted by Gasteiger charge is 2.37. The van der Waals surface area contributed by atoms with E-state index in [0.717, 1.165) is 0 Å². The van der Waals surface area contributed by atoms with Crippen molar-refractivity contribution in [2.24, 2.45) is 14.1 Å². The lowest BCUT2D eigenvalue weighted by atomic mass is 10.1. The molecule has 1 saturated heterocycles. The molecule has 1 N–H and O–H groups in total. The van der Waals surface area contributed by atoms with Crippen molar-refractivity contribution in [1.29, 1.82) is 0 Å². The van der Waals surface area contributed by atoms with Gasteiger partial charge in [-0.05, 0) is 12.8 Å². The molecule has 10 nitrogen and oxygen atoms in total. The third-order valence-corrected chi connectivity index (χ3v) is 7.49. The number of nitrogens with zero attached hydrogens (tertiary/aromatic N) is 7. The van der Waals surface area contributed by atoms with Gasteiger partial charge in [0.15, 0.2) is 5.03 Å². The lowest BCUT2D eigenvalue weighted by Gasteiger charge is -2.31. The summed E-state index contributed by atoms with van der Waals surface area (Å²) >= 11 is 6.10. The van der Waals surface area contributed by atoms with E-state index < -0.39 is 27.5 Å². The molecule has 0 aromatic carbocycles. The lowest BCUT2D eigenvalue weighted by molar-refractivity contribution is -0.137. The number of piperidine rings is 1. The Morgan fingerprint density at radius 1 is 1.09 bits per heavy atom. The molecule has 33 heavy (non-hydrogen) atoms. The van der Waals surface area contributed by atoms with E-state index in [1.165, 1.54) is 27.7 Å². The van der Waals surface area contributed by atoms with E-state index >= 15 is 0 Å². The van der Waals surface area contributed by atoms with Gasteiger partial charge in [-0.3, -0.25) is 0 Å². The molecule has 0 radical (unpaired) electrons. The van der Waals surface area contributed by atoms with Gasteiger partial charge < -0.3 is 14.5 Å². The Balaban J connectivity index is 1.51. The van der Waals surface area contributed by atoms with Gasteiger partial charge in [0, 0.05) is 45.6 Å². The first-order chi connectivity index (χ1) is 15.5. The minimum absolute atomic E-state index is 0.0122. The van der Waals surface area contributed by atoms with Crippen LogP contribution in [-0.4, -0.2) is 60.9 Å². The molecule has 1 aliphatic rings. The third kappa shape index (κ3) is 4.68. The lowest BCUT2D eigenvalue weighted by Crippen LogP contribution is -2.42. The van der Waals surface area contributed by atoms with Crippen molar-refractivity contribution in [3.8, 4) is 11.4 Å². The highest BCUT2D eigenvalue weighted by molar-refractivity contribution is 7.89. The van der Waals surface area contributed by atoms with Gasteiger partial charge in [0.1, 0.15) is 22.1 Å². The van der Waals surface area contributed by atoms with Crippen molar-refractivity contribution >= 4 is 27.6 Å². The molecule has 0 aliphatic carbocycles. The fourth-order valence-electron chi connectivity index (χ4n) is 3.49. The largest absolute Gasteiger partial charge is 0.420 e. The summed E-state index contributed by atoms with van der Waals surface area (Å²) in [5.74, 6) is -0.0225. The van der Waals surface area contributed by atoms with Gasteiger partial charge in [0.25, 0.3) is 10.0 Å². The van der Waals surface area contributed by atoms with E-state index in [1.807, 2.05) is 0 Å². The molecule has 0 unspecified atom stereocenters.